The molecule has 0 spiro atoms. The molecule has 2 N–H and O–H groups in total. The average molecular weight is 279 g/mol. The number of nitrogens with one attached hydrogen (secondary N) is 1. The maximum atomic E-state index is 12.7. The number of hydrogen-bond acceptors (Lipinski definition) is 3. The molecule has 2 heterocycles. The molecule has 1 fully saturated rings. The van der Waals surface area contributed by atoms with E-state index in [-0.39, 0.29) is 18.6 Å². The summed E-state index contributed by atoms with van der Waals surface area (Å²) in [5.41, 5.74) is 0.700. The first-order valence-corrected chi connectivity index (χ1v) is 7.44. The smallest absolute Gasteiger partial charge is 0.270 e. The number of amides is 1. The zero-order valence-electron chi connectivity index (χ0n) is 12.4. The number of rotatable bonds is 6. The Balaban J connectivity index is 2.10. The molecule has 0 bridgehead atoms. The molecule has 0 radical (unpaired) electrons. The number of carbonyl (C=O) groups is 1. The van der Waals surface area contributed by atoms with Crippen molar-refractivity contribution in [3.63, 3.8) is 0 Å². The molecule has 5 heteroatoms. The van der Waals surface area contributed by atoms with E-state index >= 15 is 0 Å². The predicted molar refractivity (Wildman–Crippen MR) is 78.8 cm³/mol. The monoisotopic (exact) mass is 279 g/mol. The van der Waals surface area contributed by atoms with E-state index < -0.39 is 0 Å². The third-order valence-corrected chi connectivity index (χ3v) is 3.81. The van der Waals surface area contributed by atoms with Crippen LogP contribution in [0.4, 0.5) is 0 Å². The number of carbonyl (C=O) groups excluding carboxylic acids is 1. The first-order valence-electron chi connectivity index (χ1n) is 7.44. The Morgan fingerprint density at radius 3 is 3.00 bits per heavy atom. The van der Waals surface area contributed by atoms with Crippen LogP contribution >= 0.6 is 0 Å². The molecule has 1 aliphatic rings. The summed E-state index contributed by atoms with van der Waals surface area (Å²) in [4.78, 5) is 14.4. The Hall–Kier alpha value is -1.33. The molecule has 1 atom stereocenters. The topological polar surface area (TPSA) is 57.5 Å². The number of nitrogens with zero attached hydrogens (tertiary/aromatic N) is 2. The van der Waals surface area contributed by atoms with Crippen LogP contribution in [-0.2, 0) is 0 Å². The second-order valence-corrected chi connectivity index (χ2v) is 5.66. The number of aliphatic hydroxyl groups is 1. The summed E-state index contributed by atoms with van der Waals surface area (Å²) in [6, 6.07) is 4.37. The van der Waals surface area contributed by atoms with Crippen molar-refractivity contribution < 1.29 is 9.90 Å². The molecule has 1 unspecified atom stereocenters. The van der Waals surface area contributed by atoms with Crippen molar-refractivity contribution in [3.05, 3.63) is 24.0 Å². The van der Waals surface area contributed by atoms with E-state index in [4.69, 9.17) is 0 Å². The van der Waals surface area contributed by atoms with Crippen molar-refractivity contribution in [1.82, 2.24) is 14.8 Å². The van der Waals surface area contributed by atoms with Gasteiger partial charge in [-0.05, 0) is 45.4 Å². The van der Waals surface area contributed by atoms with E-state index in [0.29, 0.717) is 24.8 Å². The molecule has 1 aromatic heterocycles. The van der Waals surface area contributed by atoms with Gasteiger partial charge in [0.1, 0.15) is 5.69 Å². The summed E-state index contributed by atoms with van der Waals surface area (Å²) in [5, 5.41) is 12.6. The first kappa shape index (κ1) is 15.1. The molecule has 5 nitrogen and oxygen atoms in total. The summed E-state index contributed by atoms with van der Waals surface area (Å²) in [5.74, 6) is 0.00597. The van der Waals surface area contributed by atoms with Crippen LogP contribution in [-0.4, -0.2) is 52.8 Å². The van der Waals surface area contributed by atoms with Crippen LogP contribution in [0.1, 0.15) is 43.2 Å². The van der Waals surface area contributed by atoms with E-state index in [9.17, 15) is 9.90 Å². The highest BCUT2D eigenvalue weighted by atomic mass is 16.3. The Bertz CT molecular complexity index is 436. The van der Waals surface area contributed by atoms with Gasteiger partial charge < -0.3 is 19.9 Å². The molecule has 20 heavy (non-hydrogen) atoms. The molecule has 1 aromatic rings. The SMILES string of the molecule is CC(C)n1cccc1C(=O)N(CCO)CC1CCCN1. The fourth-order valence-corrected chi connectivity index (χ4v) is 2.76. The quantitative estimate of drug-likeness (QED) is 0.824. The molecule has 0 aliphatic carbocycles. The molecule has 0 aromatic carbocycles. The van der Waals surface area contributed by atoms with Gasteiger partial charge in [0.05, 0.1) is 6.61 Å². The lowest BCUT2D eigenvalue weighted by Gasteiger charge is -2.26. The highest BCUT2D eigenvalue weighted by molar-refractivity contribution is 5.92. The van der Waals surface area contributed by atoms with Gasteiger partial charge in [-0.15, -0.1) is 0 Å². The van der Waals surface area contributed by atoms with Crippen molar-refractivity contribution in [2.45, 2.75) is 38.8 Å². The molecule has 2 rings (SSSR count). The lowest BCUT2D eigenvalue weighted by molar-refractivity contribution is 0.0694. The summed E-state index contributed by atoms with van der Waals surface area (Å²) in [7, 11) is 0. The van der Waals surface area contributed by atoms with E-state index in [2.05, 4.69) is 19.2 Å². The molecule has 1 aliphatic heterocycles. The van der Waals surface area contributed by atoms with Gasteiger partial charge in [0, 0.05) is 31.4 Å². The van der Waals surface area contributed by atoms with Gasteiger partial charge in [-0.3, -0.25) is 4.79 Å². The maximum absolute atomic E-state index is 12.7. The van der Waals surface area contributed by atoms with E-state index in [1.54, 1.807) is 4.90 Å². The average Bonchev–Trinajstić information content (AvgIpc) is 3.08. The third kappa shape index (κ3) is 3.41. The van der Waals surface area contributed by atoms with Crippen LogP contribution in [0, 0.1) is 0 Å². The largest absolute Gasteiger partial charge is 0.395 e. The Morgan fingerprint density at radius 1 is 1.60 bits per heavy atom. The zero-order valence-corrected chi connectivity index (χ0v) is 12.4. The first-order chi connectivity index (χ1) is 9.63. The van der Waals surface area contributed by atoms with Gasteiger partial charge >= 0.3 is 0 Å². The van der Waals surface area contributed by atoms with Gasteiger partial charge in [0.15, 0.2) is 0 Å². The molecular formula is C15H25N3O2. The van der Waals surface area contributed by atoms with Gasteiger partial charge in [-0.1, -0.05) is 0 Å². The van der Waals surface area contributed by atoms with Crippen molar-refractivity contribution >= 4 is 5.91 Å². The molecule has 1 amide bonds. The molecule has 112 valence electrons. The van der Waals surface area contributed by atoms with Crippen LogP contribution in [0.2, 0.25) is 0 Å². The summed E-state index contributed by atoms with van der Waals surface area (Å²) in [6.07, 6.45) is 4.19. The van der Waals surface area contributed by atoms with Gasteiger partial charge in [-0.25, -0.2) is 0 Å². The molecule has 1 saturated heterocycles. The predicted octanol–water partition coefficient (Wildman–Crippen LogP) is 1.26. The third-order valence-electron chi connectivity index (χ3n) is 3.81. The van der Waals surface area contributed by atoms with Crippen molar-refractivity contribution in [2.24, 2.45) is 0 Å². The van der Waals surface area contributed by atoms with Crippen molar-refractivity contribution in [2.75, 3.05) is 26.2 Å². The van der Waals surface area contributed by atoms with Crippen LogP contribution in [0.3, 0.4) is 0 Å². The second kappa shape index (κ2) is 6.90. The van der Waals surface area contributed by atoms with Crippen molar-refractivity contribution in [1.29, 1.82) is 0 Å². The number of hydrogen-bond donors (Lipinski definition) is 2. The van der Waals surface area contributed by atoms with Gasteiger partial charge in [-0.2, -0.15) is 0 Å². The Morgan fingerprint density at radius 2 is 2.40 bits per heavy atom. The highest BCUT2D eigenvalue weighted by Crippen LogP contribution is 2.15. The minimum Gasteiger partial charge on any atom is -0.395 e. The fraction of sp³-hybridized carbons (Fsp3) is 0.667. The van der Waals surface area contributed by atoms with Crippen LogP contribution < -0.4 is 5.32 Å². The molecular weight excluding hydrogens is 254 g/mol. The zero-order chi connectivity index (χ0) is 14.5. The second-order valence-electron chi connectivity index (χ2n) is 5.66. The lowest BCUT2D eigenvalue weighted by atomic mass is 10.2. The summed E-state index contributed by atoms with van der Waals surface area (Å²) in [6.45, 7) is 6.20. The van der Waals surface area contributed by atoms with Crippen LogP contribution in [0.5, 0.6) is 0 Å². The highest BCUT2D eigenvalue weighted by Gasteiger charge is 2.24. The number of aromatic nitrogens is 1. The van der Waals surface area contributed by atoms with Crippen LogP contribution in [0.25, 0.3) is 0 Å². The minimum atomic E-state index is 0.000840. The normalized spacial score (nSPS) is 18.7. The standard InChI is InChI=1S/C15H25N3O2/c1-12(2)18-8-4-6-14(18)15(20)17(9-10-19)11-13-5-3-7-16-13/h4,6,8,12-13,16,19H,3,5,7,9-11H2,1-2H3. The Kier molecular flexibility index (Phi) is 5.20. The fourth-order valence-electron chi connectivity index (χ4n) is 2.76. The molecule has 0 saturated carbocycles. The maximum Gasteiger partial charge on any atom is 0.270 e. The number of aliphatic hydroxyl groups excluding tert-OH is 1. The lowest BCUT2D eigenvalue weighted by Crippen LogP contribution is -2.43. The van der Waals surface area contributed by atoms with Gasteiger partial charge in [0.2, 0.25) is 0 Å². The van der Waals surface area contributed by atoms with Crippen LogP contribution in [0.15, 0.2) is 18.3 Å². The van der Waals surface area contributed by atoms with E-state index in [1.807, 2.05) is 22.9 Å². The summed E-state index contributed by atoms with van der Waals surface area (Å²) < 4.78 is 1.98. The summed E-state index contributed by atoms with van der Waals surface area (Å²) >= 11 is 0. The van der Waals surface area contributed by atoms with Crippen molar-refractivity contribution in [3.8, 4) is 0 Å². The van der Waals surface area contributed by atoms with E-state index in [1.165, 1.54) is 0 Å². The Labute approximate surface area is 120 Å². The van der Waals surface area contributed by atoms with E-state index in [0.717, 1.165) is 19.4 Å². The van der Waals surface area contributed by atoms with Gasteiger partial charge in [0.25, 0.3) is 5.91 Å². The minimum absolute atomic E-state index is 0.000840.